The number of benzene rings is 1. The third kappa shape index (κ3) is 2.66. The smallest absolute Gasteiger partial charge is 0.144 e. The molecule has 0 N–H and O–H groups in total. The van der Waals surface area contributed by atoms with Crippen molar-refractivity contribution in [2.24, 2.45) is 4.99 Å². The lowest BCUT2D eigenvalue weighted by Crippen LogP contribution is -1.93. The molecule has 4 heteroatoms. The van der Waals surface area contributed by atoms with Gasteiger partial charge >= 0.3 is 0 Å². The molecule has 1 aromatic carbocycles. The lowest BCUT2D eigenvalue weighted by atomic mass is 10.1. The fourth-order valence-electron chi connectivity index (χ4n) is 1.31. The zero-order chi connectivity index (χ0) is 12.1. The van der Waals surface area contributed by atoms with Crippen LogP contribution in [-0.2, 0) is 0 Å². The number of nitrogens with zero attached hydrogens (tertiary/aromatic N) is 1. The number of hydrogen-bond acceptors (Lipinski definition) is 2. The van der Waals surface area contributed by atoms with Gasteiger partial charge in [-0.05, 0) is 30.7 Å². The minimum atomic E-state index is -0.508. The fourth-order valence-corrected chi connectivity index (χ4v) is 1.31. The molecule has 0 heterocycles. The van der Waals surface area contributed by atoms with Crippen LogP contribution in [0.4, 0.5) is 8.78 Å². The summed E-state index contributed by atoms with van der Waals surface area (Å²) in [7, 11) is 2.92. The Morgan fingerprint density at radius 2 is 2.12 bits per heavy atom. The molecule has 0 saturated carbocycles. The van der Waals surface area contributed by atoms with Gasteiger partial charge in [-0.2, -0.15) is 0 Å². The number of hydrogen-bond donors (Lipinski definition) is 0. The highest BCUT2D eigenvalue weighted by Crippen LogP contribution is 2.28. The molecule has 0 unspecified atom stereocenters. The average molecular weight is 225 g/mol. The number of aliphatic imine (C=N–C) groups is 1. The summed E-state index contributed by atoms with van der Waals surface area (Å²) in [5.74, 6) is -0.513. The van der Waals surface area contributed by atoms with Gasteiger partial charge in [-0.25, -0.2) is 8.78 Å². The molecule has 2 nitrogen and oxygen atoms in total. The second-order valence-electron chi connectivity index (χ2n) is 3.20. The van der Waals surface area contributed by atoms with Crippen molar-refractivity contribution in [2.45, 2.75) is 6.92 Å². The molecule has 16 heavy (non-hydrogen) atoms. The molecule has 1 aromatic rings. The Hall–Kier alpha value is -1.71. The van der Waals surface area contributed by atoms with Crippen LogP contribution in [0.5, 0.6) is 5.75 Å². The van der Waals surface area contributed by atoms with Crippen LogP contribution >= 0.6 is 0 Å². The minimum absolute atomic E-state index is 0.293. The summed E-state index contributed by atoms with van der Waals surface area (Å²) in [6, 6.07) is 3.96. The van der Waals surface area contributed by atoms with E-state index in [2.05, 4.69) is 4.99 Å². The summed E-state index contributed by atoms with van der Waals surface area (Å²) < 4.78 is 31.6. The van der Waals surface area contributed by atoms with E-state index in [0.717, 1.165) is 6.21 Å². The van der Waals surface area contributed by atoms with E-state index in [1.807, 2.05) is 0 Å². The maximum absolute atomic E-state index is 13.5. The Balaban J connectivity index is 3.31. The van der Waals surface area contributed by atoms with Gasteiger partial charge in [-0.15, -0.1) is 0 Å². The number of rotatable bonds is 3. The lowest BCUT2D eigenvalue weighted by Gasteiger charge is -2.08. The van der Waals surface area contributed by atoms with Gasteiger partial charge in [-0.3, -0.25) is 4.99 Å². The number of ether oxygens (including phenoxy) is 1. The van der Waals surface area contributed by atoms with Crippen LogP contribution in [0.3, 0.4) is 0 Å². The van der Waals surface area contributed by atoms with Crippen LogP contribution in [0.15, 0.2) is 29.0 Å². The van der Waals surface area contributed by atoms with Crippen molar-refractivity contribution in [3.8, 4) is 5.75 Å². The second kappa shape index (κ2) is 5.39. The Morgan fingerprint density at radius 1 is 1.44 bits per heavy atom. The van der Waals surface area contributed by atoms with Gasteiger partial charge in [0.15, 0.2) is 0 Å². The van der Waals surface area contributed by atoms with Gasteiger partial charge < -0.3 is 4.74 Å². The molecule has 0 atom stereocenters. The third-order valence-electron chi connectivity index (χ3n) is 2.17. The van der Waals surface area contributed by atoms with Crippen molar-refractivity contribution >= 4 is 11.8 Å². The first-order valence-electron chi connectivity index (χ1n) is 4.72. The van der Waals surface area contributed by atoms with E-state index < -0.39 is 11.6 Å². The normalized spacial score (nSPS) is 12.8. The Kier molecular flexibility index (Phi) is 4.17. The molecule has 0 amide bonds. The van der Waals surface area contributed by atoms with Gasteiger partial charge in [0, 0.05) is 12.6 Å². The van der Waals surface area contributed by atoms with Crippen LogP contribution in [0.25, 0.3) is 5.57 Å². The number of methoxy groups -OCH3 is 1. The molecular weight excluding hydrogens is 212 g/mol. The number of allylic oxidation sites excluding steroid dienone is 2. The maximum Gasteiger partial charge on any atom is 0.144 e. The highest BCUT2D eigenvalue weighted by molar-refractivity contribution is 5.89. The summed E-state index contributed by atoms with van der Waals surface area (Å²) >= 11 is 0. The monoisotopic (exact) mass is 225 g/mol. The largest absolute Gasteiger partial charge is 0.496 e. The van der Waals surface area contributed by atoms with Crippen molar-refractivity contribution in [3.63, 3.8) is 0 Å². The van der Waals surface area contributed by atoms with Crippen molar-refractivity contribution in [3.05, 3.63) is 35.4 Å². The van der Waals surface area contributed by atoms with Gasteiger partial charge in [0.1, 0.15) is 17.4 Å². The van der Waals surface area contributed by atoms with E-state index >= 15 is 0 Å². The summed E-state index contributed by atoms with van der Waals surface area (Å²) in [6.45, 7) is 1.55. The zero-order valence-corrected chi connectivity index (χ0v) is 9.42. The van der Waals surface area contributed by atoms with Crippen molar-refractivity contribution in [2.75, 3.05) is 14.2 Å². The van der Waals surface area contributed by atoms with Gasteiger partial charge in [0.05, 0.1) is 13.3 Å². The second-order valence-corrected chi connectivity index (χ2v) is 3.20. The highest BCUT2D eigenvalue weighted by Gasteiger charge is 2.09. The average Bonchev–Trinajstić information content (AvgIpc) is 2.28. The van der Waals surface area contributed by atoms with Crippen LogP contribution in [0.2, 0.25) is 0 Å². The molecule has 0 spiro atoms. The molecule has 0 aliphatic heterocycles. The summed E-state index contributed by atoms with van der Waals surface area (Å²) in [5.41, 5.74) is 0.682. The van der Waals surface area contributed by atoms with E-state index in [4.69, 9.17) is 4.74 Å². The summed E-state index contributed by atoms with van der Waals surface area (Å²) in [6.07, 6.45) is 1.08. The van der Waals surface area contributed by atoms with E-state index in [-0.39, 0.29) is 0 Å². The first-order chi connectivity index (χ1) is 7.60. The first kappa shape index (κ1) is 12.4. The first-order valence-corrected chi connectivity index (χ1v) is 4.72. The molecule has 0 aromatic heterocycles. The Morgan fingerprint density at radius 3 is 2.69 bits per heavy atom. The topological polar surface area (TPSA) is 21.6 Å². The summed E-state index contributed by atoms with van der Waals surface area (Å²) in [5, 5.41) is 0. The molecule has 0 aliphatic carbocycles. The van der Waals surface area contributed by atoms with Gasteiger partial charge in [0.25, 0.3) is 0 Å². The van der Waals surface area contributed by atoms with Crippen LogP contribution in [0, 0.1) is 5.82 Å². The van der Waals surface area contributed by atoms with Crippen molar-refractivity contribution < 1.29 is 13.5 Å². The van der Waals surface area contributed by atoms with Crippen molar-refractivity contribution in [1.82, 2.24) is 0 Å². The fraction of sp³-hybridized carbons (Fsp3) is 0.250. The van der Waals surface area contributed by atoms with E-state index in [1.54, 1.807) is 6.92 Å². The quantitative estimate of drug-likeness (QED) is 0.724. The predicted octanol–water partition coefficient (Wildman–Crippen LogP) is 3.24. The SMILES string of the molecule is CN=C/C(F)=C(\C)c1cc(F)ccc1OC. The molecule has 0 aliphatic rings. The van der Waals surface area contributed by atoms with E-state index in [1.165, 1.54) is 32.4 Å². The zero-order valence-electron chi connectivity index (χ0n) is 9.42. The maximum atomic E-state index is 13.5. The Bertz CT molecular complexity index is 439. The minimum Gasteiger partial charge on any atom is -0.496 e. The molecule has 0 radical (unpaired) electrons. The molecule has 0 fully saturated rings. The molecule has 86 valence electrons. The van der Waals surface area contributed by atoms with Gasteiger partial charge in [0.2, 0.25) is 0 Å². The predicted molar refractivity (Wildman–Crippen MR) is 61.1 cm³/mol. The molecule has 0 saturated heterocycles. The molecular formula is C12H13F2NO. The number of halogens is 2. The van der Waals surface area contributed by atoms with Gasteiger partial charge in [-0.1, -0.05) is 0 Å². The van der Waals surface area contributed by atoms with E-state index in [0.29, 0.717) is 16.9 Å². The van der Waals surface area contributed by atoms with Crippen molar-refractivity contribution in [1.29, 1.82) is 0 Å². The standard InChI is InChI=1S/C12H13F2NO/c1-8(11(14)7-15-2)10-6-9(13)4-5-12(10)16-3/h4-7H,1-3H3/b11-8-,15-7?. The van der Waals surface area contributed by atoms with E-state index in [9.17, 15) is 8.78 Å². The third-order valence-corrected chi connectivity index (χ3v) is 2.17. The highest BCUT2D eigenvalue weighted by atomic mass is 19.1. The molecule has 0 bridgehead atoms. The van der Waals surface area contributed by atoms with Crippen LogP contribution < -0.4 is 4.74 Å². The summed E-state index contributed by atoms with van der Waals surface area (Å²) in [4.78, 5) is 3.57. The lowest BCUT2D eigenvalue weighted by molar-refractivity contribution is 0.412. The Labute approximate surface area is 93.3 Å². The van der Waals surface area contributed by atoms with Crippen LogP contribution in [0.1, 0.15) is 12.5 Å². The molecule has 1 rings (SSSR count). The van der Waals surface area contributed by atoms with Crippen LogP contribution in [-0.4, -0.2) is 20.4 Å².